The summed E-state index contributed by atoms with van der Waals surface area (Å²) in [6, 6.07) is 0. The molecule has 0 fully saturated rings. The van der Waals surface area contributed by atoms with E-state index in [4.69, 9.17) is 10.5 Å². The van der Waals surface area contributed by atoms with Crippen molar-refractivity contribution >= 4 is 0 Å². The summed E-state index contributed by atoms with van der Waals surface area (Å²) < 4.78 is 4.90. The van der Waals surface area contributed by atoms with Gasteiger partial charge in [-0.15, -0.1) is 0 Å². The Kier molecular flexibility index (Phi) is 2.26. The summed E-state index contributed by atoms with van der Waals surface area (Å²) >= 11 is 0. The third-order valence-corrected chi connectivity index (χ3v) is 0.474. The van der Waals surface area contributed by atoms with Gasteiger partial charge in [-0.1, -0.05) is 0 Å². The summed E-state index contributed by atoms with van der Waals surface area (Å²) in [5, 5.41) is 0. The van der Waals surface area contributed by atoms with E-state index in [1.807, 2.05) is 6.92 Å². The van der Waals surface area contributed by atoms with Crippen molar-refractivity contribution in [2.24, 2.45) is 5.73 Å². The van der Waals surface area contributed by atoms with Crippen LogP contribution in [0.1, 0.15) is 13.8 Å². The van der Waals surface area contributed by atoms with E-state index in [0.717, 1.165) is 0 Å². The van der Waals surface area contributed by atoms with Gasteiger partial charge in [0.25, 0.3) is 0 Å². The molecule has 0 saturated carbocycles. The molecule has 2 N–H and O–H groups in total. The summed E-state index contributed by atoms with van der Waals surface area (Å²) in [6.07, 6.45) is 0. The van der Waals surface area contributed by atoms with E-state index in [1.165, 1.54) is 0 Å². The highest BCUT2D eigenvalue weighted by atomic mass is 16.5. The Morgan fingerprint density at radius 2 is 2.29 bits per heavy atom. The second kappa shape index (κ2) is 2.28. The molecule has 0 bridgehead atoms. The van der Waals surface area contributed by atoms with Gasteiger partial charge in [0, 0.05) is 6.61 Å². The fourth-order valence-corrected chi connectivity index (χ4v) is 0.330. The van der Waals surface area contributed by atoms with Crippen molar-refractivity contribution in [1.82, 2.24) is 0 Å². The smallest absolute Gasteiger partial charge is 0.114 e. The quantitative estimate of drug-likeness (QED) is 0.516. The minimum atomic E-state index is -0.700. The first-order chi connectivity index (χ1) is 3.06. The largest absolute Gasteiger partial charge is 0.361 e. The van der Waals surface area contributed by atoms with E-state index in [-0.39, 0.29) is 0 Å². The van der Waals surface area contributed by atoms with Crippen LogP contribution in [-0.4, -0.2) is 12.3 Å². The van der Waals surface area contributed by atoms with Crippen molar-refractivity contribution in [3.05, 3.63) is 6.92 Å². The van der Waals surface area contributed by atoms with E-state index in [9.17, 15) is 0 Å². The molecule has 1 atom stereocenters. The number of ether oxygens (including phenoxy) is 1. The molecule has 0 heterocycles. The zero-order valence-corrected chi connectivity index (χ0v) is 4.90. The fraction of sp³-hybridized carbons (Fsp3) is 0.800. The molecule has 0 aromatic rings. The zero-order chi connectivity index (χ0) is 5.91. The topological polar surface area (TPSA) is 35.2 Å². The number of nitrogens with two attached hydrogens (primary N) is 1. The minimum Gasteiger partial charge on any atom is -0.361 e. The third kappa shape index (κ3) is 5.92. The SMILES string of the molecule is [CH2]C(C)(N)OCC. The van der Waals surface area contributed by atoms with Gasteiger partial charge in [-0.25, -0.2) is 0 Å². The molecule has 1 unspecified atom stereocenters. The summed E-state index contributed by atoms with van der Waals surface area (Å²) in [6.45, 7) is 7.74. The molecule has 0 rings (SSSR count). The van der Waals surface area contributed by atoms with Crippen LogP contribution >= 0.6 is 0 Å². The van der Waals surface area contributed by atoms with E-state index in [0.29, 0.717) is 6.61 Å². The Bertz CT molecular complexity index is 46.5. The Morgan fingerprint density at radius 1 is 1.86 bits per heavy atom. The first-order valence-corrected chi connectivity index (χ1v) is 2.34. The number of hydrogen-bond donors (Lipinski definition) is 1. The predicted molar refractivity (Wildman–Crippen MR) is 29.6 cm³/mol. The van der Waals surface area contributed by atoms with Crippen LogP contribution in [0.4, 0.5) is 0 Å². The highest BCUT2D eigenvalue weighted by molar-refractivity contribution is 4.66. The molecule has 43 valence electrons. The van der Waals surface area contributed by atoms with Gasteiger partial charge < -0.3 is 10.5 Å². The standard InChI is InChI=1S/C5H12NO/c1-4-7-5(2,3)6/h2,4,6H2,1,3H3. The summed E-state index contributed by atoms with van der Waals surface area (Å²) in [7, 11) is 0. The van der Waals surface area contributed by atoms with Crippen LogP contribution in [0.2, 0.25) is 0 Å². The van der Waals surface area contributed by atoms with Crippen LogP contribution in [0.5, 0.6) is 0 Å². The zero-order valence-electron chi connectivity index (χ0n) is 4.90. The van der Waals surface area contributed by atoms with Gasteiger partial charge in [-0.3, -0.25) is 0 Å². The van der Waals surface area contributed by atoms with Gasteiger partial charge in [0.05, 0.1) is 0 Å². The highest BCUT2D eigenvalue weighted by Crippen LogP contribution is 1.95. The van der Waals surface area contributed by atoms with E-state index in [1.54, 1.807) is 6.92 Å². The van der Waals surface area contributed by atoms with Crippen molar-refractivity contribution in [3.63, 3.8) is 0 Å². The van der Waals surface area contributed by atoms with Crippen LogP contribution in [0.25, 0.3) is 0 Å². The number of rotatable bonds is 2. The maximum Gasteiger partial charge on any atom is 0.114 e. The molecule has 2 nitrogen and oxygen atoms in total. The number of hydrogen-bond acceptors (Lipinski definition) is 2. The molecule has 0 aliphatic rings. The van der Waals surface area contributed by atoms with Gasteiger partial charge in [0.15, 0.2) is 0 Å². The van der Waals surface area contributed by atoms with E-state index in [2.05, 4.69) is 6.92 Å². The molecule has 0 amide bonds. The van der Waals surface area contributed by atoms with Crippen molar-refractivity contribution in [2.45, 2.75) is 19.6 Å². The van der Waals surface area contributed by atoms with Gasteiger partial charge in [0.1, 0.15) is 5.72 Å². The van der Waals surface area contributed by atoms with Gasteiger partial charge in [0.2, 0.25) is 0 Å². The molecule has 0 aliphatic carbocycles. The summed E-state index contributed by atoms with van der Waals surface area (Å²) in [4.78, 5) is 0. The van der Waals surface area contributed by atoms with Crippen molar-refractivity contribution in [3.8, 4) is 0 Å². The molecular weight excluding hydrogens is 90.1 g/mol. The Hall–Kier alpha value is -0.0800. The molecule has 0 aromatic heterocycles. The molecular formula is C5H12NO. The normalized spacial score (nSPS) is 12.0. The Morgan fingerprint density at radius 3 is 2.29 bits per heavy atom. The molecule has 2 heteroatoms. The first kappa shape index (κ1) is 6.92. The predicted octanol–water partition coefficient (Wildman–Crippen LogP) is 0.532. The lowest BCUT2D eigenvalue weighted by Gasteiger charge is -2.16. The van der Waals surface area contributed by atoms with Crippen LogP contribution in [0, 0.1) is 6.92 Å². The van der Waals surface area contributed by atoms with Crippen LogP contribution in [0.3, 0.4) is 0 Å². The molecule has 0 saturated heterocycles. The Labute approximate surface area is 44.7 Å². The molecule has 0 aliphatic heterocycles. The maximum atomic E-state index is 5.31. The lowest BCUT2D eigenvalue weighted by molar-refractivity contribution is 0.0165. The highest BCUT2D eigenvalue weighted by Gasteiger charge is 2.07. The second-order valence-corrected chi connectivity index (χ2v) is 1.75. The van der Waals surface area contributed by atoms with Gasteiger partial charge in [-0.2, -0.15) is 0 Å². The first-order valence-electron chi connectivity index (χ1n) is 2.34. The fourth-order valence-electron chi connectivity index (χ4n) is 0.330. The average molecular weight is 102 g/mol. The summed E-state index contributed by atoms with van der Waals surface area (Å²) in [5.41, 5.74) is 4.61. The van der Waals surface area contributed by atoms with Crippen molar-refractivity contribution in [1.29, 1.82) is 0 Å². The van der Waals surface area contributed by atoms with Crippen LogP contribution in [-0.2, 0) is 4.74 Å². The molecule has 1 radical (unpaired) electrons. The summed E-state index contributed by atoms with van der Waals surface area (Å²) in [5.74, 6) is 0. The van der Waals surface area contributed by atoms with Crippen LogP contribution in [0.15, 0.2) is 0 Å². The third-order valence-electron chi connectivity index (χ3n) is 0.474. The maximum absolute atomic E-state index is 5.31. The van der Waals surface area contributed by atoms with Crippen molar-refractivity contribution in [2.75, 3.05) is 6.61 Å². The molecule has 7 heavy (non-hydrogen) atoms. The van der Waals surface area contributed by atoms with Crippen molar-refractivity contribution < 1.29 is 4.74 Å². The second-order valence-electron chi connectivity index (χ2n) is 1.75. The van der Waals surface area contributed by atoms with E-state index < -0.39 is 5.72 Å². The van der Waals surface area contributed by atoms with Crippen LogP contribution < -0.4 is 5.73 Å². The molecule has 0 spiro atoms. The van der Waals surface area contributed by atoms with Gasteiger partial charge >= 0.3 is 0 Å². The molecule has 0 aromatic carbocycles. The average Bonchev–Trinajstić information content (AvgIpc) is 1.30. The minimum absolute atomic E-state index is 0.622. The van der Waals surface area contributed by atoms with E-state index >= 15 is 0 Å². The Balaban J connectivity index is 3.15. The van der Waals surface area contributed by atoms with Gasteiger partial charge in [-0.05, 0) is 20.8 Å². The monoisotopic (exact) mass is 102 g/mol. The lowest BCUT2D eigenvalue weighted by Crippen LogP contribution is -2.35. The lowest BCUT2D eigenvalue weighted by atomic mass is 10.3.